The molecule has 5 nitrogen and oxygen atoms in total. The van der Waals surface area contributed by atoms with Crippen LogP contribution in [0, 0.1) is 0 Å². The second kappa shape index (κ2) is 7.91. The third kappa shape index (κ3) is 4.45. The van der Waals surface area contributed by atoms with Gasteiger partial charge in [-0.1, -0.05) is 35.9 Å². The molecule has 1 aliphatic rings. The molecule has 1 N–H and O–H groups in total. The van der Waals surface area contributed by atoms with E-state index in [1.54, 1.807) is 18.2 Å². The average molecular weight is 417 g/mol. The monoisotopic (exact) mass is 416 g/mol. The fourth-order valence-corrected chi connectivity index (χ4v) is 3.62. The largest absolute Gasteiger partial charge is 0.368 e. The Labute approximate surface area is 171 Å². The van der Waals surface area contributed by atoms with Crippen molar-refractivity contribution in [3.05, 3.63) is 65.4 Å². The van der Waals surface area contributed by atoms with Gasteiger partial charge >= 0.3 is 0 Å². The normalized spacial score (nSPS) is 18.6. The zero-order valence-electron chi connectivity index (χ0n) is 15.5. The number of carbonyl (C=O) groups excluding carboxylic acids is 1. The predicted octanol–water partition coefficient (Wildman–Crippen LogP) is 4.64. The van der Waals surface area contributed by atoms with Crippen molar-refractivity contribution in [2.24, 2.45) is 0 Å². The molecule has 8 heteroatoms. The van der Waals surface area contributed by atoms with Crippen molar-refractivity contribution in [2.75, 3.05) is 18.4 Å². The number of amides is 1. The van der Waals surface area contributed by atoms with Crippen molar-refractivity contribution in [3.8, 4) is 0 Å². The topological polar surface area (TPSA) is 58.1 Å². The molecule has 4 rings (SSSR count). The average Bonchev–Trinajstić information content (AvgIpc) is 2.72. The molecule has 0 bridgehead atoms. The van der Waals surface area contributed by atoms with E-state index in [2.05, 4.69) is 15.3 Å². The summed E-state index contributed by atoms with van der Waals surface area (Å²) < 4.78 is 28.1. The van der Waals surface area contributed by atoms with E-state index in [0.717, 1.165) is 5.39 Å². The van der Waals surface area contributed by atoms with E-state index in [1.165, 1.54) is 11.1 Å². The Morgan fingerprint density at radius 2 is 2.03 bits per heavy atom. The van der Waals surface area contributed by atoms with E-state index in [1.807, 2.05) is 30.3 Å². The van der Waals surface area contributed by atoms with E-state index in [9.17, 15) is 13.6 Å². The van der Waals surface area contributed by atoms with Crippen LogP contribution in [-0.4, -0.2) is 45.8 Å². The molecule has 1 atom stereocenters. The summed E-state index contributed by atoms with van der Waals surface area (Å²) in [5.74, 6) is -2.64. The van der Waals surface area contributed by atoms with E-state index in [4.69, 9.17) is 11.6 Å². The van der Waals surface area contributed by atoms with Gasteiger partial charge in [-0.05, 0) is 24.3 Å². The maximum atomic E-state index is 14.1. The lowest BCUT2D eigenvalue weighted by atomic mass is 9.97. The van der Waals surface area contributed by atoms with E-state index >= 15 is 0 Å². The van der Waals surface area contributed by atoms with Gasteiger partial charge in [-0.15, -0.1) is 0 Å². The number of halogens is 3. The first-order chi connectivity index (χ1) is 13.9. The maximum absolute atomic E-state index is 14.1. The summed E-state index contributed by atoms with van der Waals surface area (Å²) in [4.78, 5) is 23.1. The minimum atomic E-state index is -2.81. The van der Waals surface area contributed by atoms with Crippen molar-refractivity contribution in [2.45, 2.75) is 24.8 Å². The number of rotatable bonds is 4. The number of pyridine rings is 2. The molecule has 1 aliphatic heterocycles. The van der Waals surface area contributed by atoms with Gasteiger partial charge < -0.3 is 10.2 Å². The lowest BCUT2D eigenvalue weighted by molar-refractivity contribution is -0.0675. The number of hydrogen-bond donors (Lipinski definition) is 1. The zero-order valence-corrected chi connectivity index (χ0v) is 16.2. The van der Waals surface area contributed by atoms with Crippen LogP contribution in [0.15, 0.2) is 54.7 Å². The Hall–Kier alpha value is -2.80. The second-order valence-corrected chi connectivity index (χ2v) is 7.53. The summed E-state index contributed by atoms with van der Waals surface area (Å²) in [5, 5.41) is 4.43. The van der Waals surface area contributed by atoms with Gasteiger partial charge in [0, 0.05) is 37.5 Å². The quantitative estimate of drug-likeness (QED) is 0.673. The number of nitrogens with one attached hydrogen (secondary N) is 1. The van der Waals surface area contributed by atoms with Crippen molar-refractivity contribution < 1.29 is 13.6 Å². The Balaban J connectivity index is 1.54. The number of carbonyl (C=O) groups is 1. The van der Waals surface area contributed by atoms with Crippen LogP contribution in [0.1, 0.15) is 23.3 Å². The van der Waals surface area contributed by atoms with Crippen LogP contribution in [0.4, 0.5) is 14.6 Å². The molecule has 0 saturated carbocycles. The fourth-order valence-electron chi connectivity index (χ4n) is 3.51. The number of alkyl halides is 2. The summed E-state index contributed by atoms with van der Waals surface area (Å²) in [6.07, 6.45) is 0.705. The van der Waals surface area contributed by atoms with Gasteiger partial charge in [0.05, 0.1) is 16.6 Å². The summed E-state index contributed by atoms with van der Waals surface area (Å²) in [7, 11) is 0. The van der Waals surface area contributed by atoms with Gasteiger partial charge in [-0.2, -0.15) is 0 Å². The van der Waals surface area contributed by atoms with Crippen LogP contribution in [0.25, 0.3) is 10.9 Å². The number of aromatic nitrogens is 2. The van der Waals surface area contributed by atoms with Crippen LogP contribution in [0.3, 0.4) is 0 Å². The van der Waals surface area contributed by atoms with Gasteiger partial charge in [-0.25, -0.2) is 18.7 Å². The Morgan fingerprint density at radius 1 is 1.21 bits per heavy atom. The second-order valence-electron chi connectivity index (χ2n) is 7.09. The minimum Gasteiger partial charge on any atom is -0.368 e. The molecular formula is C21H19ClF2N4O. The van der Waals surface area contributed by atoms with Crippen molar-refractivity contribution >= 4 is 34.2 Å². The summed E-state index contributed by atoms with van der Waals surface area (Å²) in [5.41, 5.74) is 0.948. The Kier molecular flexibility index (Phi) is 5.32. The van der Waals surface area contributed by atoms with Gasteiger partial charge in [-0.3, -0.25) is 4.79 Å². The number of likely N-dealkylation sites (tertiary alicyclic amines) is 1. The molecule has 2 aromatic heterocycles. The SMILES string of the molecule is O=C(c1ccc2ccccc2n1)N1CCC(F)(F)CC1CNc1ccc(Cl)cn1. The molecule has 1 saturated heterocycles. The van der Waals surface area contributed by atoms with E-state index in [-0.39, 0.29) is 31.1 Å². The standard InChI is InChI=1S/C21H19ClF2N4O/c22-15-6-8-19(25-12-15)26-13-16-11-21(23,24)9-10-28(16)20(29)18-7-5-14-3-1-2-4-17(14)27-18/h1-8,12,16H,9-11,13H2,(H,25,26). The van der Waals surface area contributed by atoms with E-state index < -0.39 is 18.4 Å². The van der Waals surface area contributed by atoms with E-state index in [0.29, 0.717) is 16.4 Å². The van der Waals surface area contributed by atoms with Crippen molar-refractivity contribution in [3.63, 3.8) is 0 Å². The van der Waals surface area contributed by atoms with Crippen LogP contribution in [0.5, 0.6) is 0 Å². The third-order valence-corrected chi connectivity index (χ3v) is 5.24. The maximum Gasteiger partial charge on any atom is 0.272 e. The number of piperidine rings is 1. The number of fused-ring (bicyclic) bond motifs is 1. The first-order valence-electron chi connectivity index (χ1n) is 9.31. The number of anilines is 1. The van der Waals surface area contributed by atoms with Crippen LogP contribution >= 0.6 is 11.6 Å². The Morgan fingerprint density at radius 3 is 2.83 bits per heavy atom. The lowest BCUT2D eigenvalue weighted by Gasteiger charge is -2.39. The highest BCUT2D eigenvalue weighted by molar-refractivity contribution is 6.30. The number of benzene rings is 1. The van der Waals surface area contributed by atoms with Crippen molar-refractivity contribution in [1.29, 1.82) is 0 Å². The molecule has 1 amide bonds. The minimum absolute atomic E-state index is 0.0271. The summed E-state index contributed by atoms with van der Waals surface area (Å²) in [6.45, 7) is 0.129. The number of nitrogens with zero attached hydrogens (tertiary/aromatic N) is 3. The molecule has 0 aliphatic carbocycles. The summed E-state index contributed by atoms with van der Waals surface area (Å²) in [6, 6.07) is 13.6. The van der Waals surface area contributed by atoms with Gasteiger partial charge in [0.1, 0.15) is 11.5 Å². The lowest BCUT2D eigenvalue weighted by Crippen LogP contribution is -2.52. The fraction of sp³-hybridized carbons (Fsp3) is 0.286. The molecule has 1 unspecified atom stereocenters. The van der Waals surface area contributed by atoms with Gasteiger partial charge in [0.25, 0.3) is 11.8 Å². The molecule has 0 spiro atoms. The molecule has 1 fully saturated rings. The van der Waals surface area contributed by atoms with Crippen LogP contribution in [0.2, 0.25) is 5.02 Å². The first-order valence-corrected chi connectivity index (χ1v) is 9.69. The molecule has 0 radical (unpaired) electrons. The number of hydrogen-bond acceptors (Lipinski definition) is 4. The Bertz CT molecular complexity index is 1030. The van der Waals surface area contributed by atoms with Crippen LogP contribution < -0.4 is 5.32 Å². The highest BCUT2D eigenvalue weighted by atomic mass is 35.5. The van der Waals surface area contributed by atoms with Crippen molar-refractivity contribution in [1.82, 2.24) is 14.9 Å². The predicted molar refractivity (Wildman–Crippen MR) is 108 cm³/mol. The third-order valence-electron chi connectivity index (χ3n) is 5.02. The molecule has 29 heavy (non-hydrogen) atoms. The molecule has 150 valence electrons. The smallest absolute Gasteiger partial charge is 0.272 e. The number of para-hydroxylation sites is 1. The summed E-state index contributed by atoms with van der Waals surface area (Å²) >= 11 is 5.82. The zero-order chi connectivity index (χ0) is 20.4. The highest BCUT2D eigenvalue weighted by Gasteiger charge is 2.42. The highest BCUT2D eigenvalue weighted by Crippen LogP contribution is 2.33. The molecular weight excluding hydrogens is 398 g/mol. The van der Waals surface area contributed by atoms with Gasteiger partial charge in [0.15, 0.2) is 0 Å². The van der Waals surface area contributed by atoms with Crippen LogP contribution in [-0.2, 0) is 0 Å². The van der Waals surface area contributed by atoms with Gasteiger partial charge in [0.2, 0.25) is 0 Å². The molecule has 3 heterocycles. The molecule has 3 aromatic rings. The first kappa shape index (κ1) is 19.5. The molecule has 1 aromatic carbocycles.